The fourth-order valence-corrected chi connectivity index (χ4v) is 2.97. The van der Waals surface area contributed by atoms with E-state index in [1.54, 1.807) is 0 Å². The van der Waals surface area contributed by atoms with E-state index >= 15 is 0 Å². The number of nitrogens with zero attached hydrogens (tertiary/aromatic N) is 3. The number of hydrogen-bond acceptors (Lipinski definition) is 4. The maximum absolute atomic E-state index is 13.2. The molecule has 0 spiro atoms. The average Bonchev–Trinajstić information content (AvgIpc) is 3.16. The van der Waals surface area contributed by atoms with Crippen LogP contribution in [0.1, 0.15) is 23.0 Å². The minimum Gasteiger partial charge on any atom is -0.475 e. The number of carbonyl (C=O) groups is 1. The molecule has 0 radical (unpaired) electrons. The first kappa shape index (κ1) is 20.7. The molecule has 4 rings (SSSR count). The Morgan fingerprint density at radius 1 is 1.21 bits per heavy atom. The van der Waals surface area contributed by atoms with Crippen molar-refractivity contribution >= 4 is 17.0 Å². The lowest BCUT2D eigenvalue weighted by Crippen LogP contribution is -2.30. The minimum absolute atomic E-state index is 0.448. The monoisotopic (exact) mass is 417 g/mol. The summed E-state index contributed by atoms with van der Waals surface area (Å²) in [5.41, 5.74) is 3.23. The Labute approximate surface area is 160 Å². The van der Waals surface area contributed by atoms with Crippen LogP contribution in [-0.4, -0.2) is 48.6 Å². The number of H-pyrrole nitrogens is 2. The lowest BCUT2D eigenvalue weighted by molar-refractivity contribution is -0.192. The summed E-state index contributed by atoms with van der Waals surface area (Å²) < 4.78 is 58.2. The Morgan fingerprint density at radius 3 is 2.52 bits per heavy atom. The normalized spacial score (nSPS) is 14.4. The van der Waals surface area contributed by atoms with E-state index in [1.807, 2.05) is 6.92 Å². The van der Waals surface area contributed by atoms with Crippen molar-refractivity contribution in [2.24, 2.45) is 0 Å². The van der Waals surface area contributed by atoms with Gasteiger partial charge in [-0.25, -0.2) is 23.5 Å². The first-order valence-electron chi connectivity index (χ1n) is 8.43. The first-order chi connectivity index (χ1) is 13.5. The number of halogens is 5. The van der Waals surface area contributed by atoms with Gasteiger partial charge in [0, 0.05) is 31.6 Å². The molecular weight excluding hydrogens is 401 g/mol. The van der Waals surface area contributed by atoms with Gasteiger partial charge in [0.1, 0.15) is 11.6 Å². The van der Waals surface area contributed by atoms with Crippen LogP contribution < -0.4 is 0 Å². The molecule has 0 bridgehead atoms. The number of rotatable bonds is 2. The summed E-state index contributed by atoms with van der Waals surface area (Å²) in [5.74, 6) is -2.85. The number of aryl methyl sites for hydroxylation is 1. The number of aliphatic carboxylic acids is 1. The van der Waals surface area contributed by atoms with E-state index in [-0.39, 0.29) is 0 Å². The quantitative estimate of drug-likeness (QED) is 0.557. The number of alkyl halides is 3. The largest absolute Gasteiger partial charge is 0.490 e. The van der Waals surface area contributed by atoms with Crippen molar-refractivity contribution in [3.8, 4) is 0 Å². The van der Waals surface area contributed by atoms with Gasteiger partial charge in [0.15, 0.2) is 11.6 Å². The van der Waals surface area contributed by atoms with E-state index in [0.29, 0.717) is 23.4 Å². The van der Waals surface area contributed by atoms with Crippen LogP contribution >= 0.6 is 0 Å². The van der Waals surface area contributed by atoms with Crippen LogP contribution in [0.3, 0.4) is 0 Å². The van der Waals surface area contributed by atoms with Gasteiger partial charge in [-0.1, -0.05) is 0 Å². The van der Waals surface area contributed by atoms with Gasteiger partial charge in [0.05, 0.1) is 29.0 Å². The summed E-state index contributed by atoms with van der Waals surface area (Å²) in [6.45, 7) is 4.22. The fraction of sp³-hybridized carbons (Fsp3) is 0.353. The highest BCUT2D eigenvalue weighted by molar-refractivity contribution is 5.75. The molecule has 0 unspecified atom stereocenters. The molecule has 0 aliphatic carbocycles. The second-order valence-electron chi connectivity index (χ2n) is 6.48. The zero-order valence-electron chi connectivity index (χ0n) is 15.1. The molecule has 0 amide bonds. The van der Waals surface area contributed by atoms with Crippen molar-refractivity contribution in [1.82, 2.24) is 24.8 Å². The first-order valence-corrected chi connectivity index (χ1v) is 8.43. The summed E-state index contributed by atoms with van der Waals surface area (Å²) in [5, 5.41) is 7.12. The topological polar surface area (TPSA) is 97.9 Å². The number of carboxylic acid groups (broad SMARTS) is 1. The number of carboxylic acids is 1. The van der Waals surface area contributed by atoms with E-state index in [1.165, 1.54) is 0 Å². The maximum Gasteiger partial charge on any atom is 0.490 e. The highest BCUT2D eigenvalue weighted by Crippen LogP contribution is 2.20. The number of nitrogens with one attached hydrogen (secondary N) is 2. The van der Waals surface area contributed by atoms with Crippen LogP contribution in [-0.2, 0) is 24.3 Å². The zero-order chi connectivity index (χ0) is 21.3. The highest BCUT2D eigenvalue weighted by Gasteiger charge is 2.38. The average molecular weight is 417 g/mol. The van der Waals surface area contributed by atoms with Gasteiger partial charge in [-0.3, -0.25) is 4.90 Å². The lowest BCUT2D eigenvalue weighted by Gasteiger charge is -2.24. The molecule has 1 aromatic carbocycles. The number of fused-ring (bicyclic) bond motifs is 2. The second kappa shape index (κ2) is 7.78. The van der Waals surface area contributed by atoms with Gasteiger partial charge in [-0.05, 0) is 6.92 Å². The van der Waals surface area contributed by atoms with Crippen molar-refractivity contribution in [1.29, 1.82) is 0 Å². The fourth-order valence-electron chi connectivity index (χ4n) is 2.97. The molecule has 1 aliphatic heterocycles. The summed E-state index contributed by atoms with van der Waals surface area (Å²) >= 11 is 0. The van der Waals surface area contributed by atoms with Gasteiger partial charge in [0.25, 0.3) is 0 Å². The molecule has 0 atom stereocenters. The molecule has 0 fully saturated rings. The van der Waals surface area contributed by atoms with Crippen molar-refractivity contribution in [2.45, 2.75) is 32.6 Å². The van der Waals surface area contributed by atoms with Crippen LogP contribution in [0.15, 0.2) is 12.1 Å². The summed E-state index contributed by atoms with van der Waals surface area (Å²) in [6.07, 6.45) is -4.19. The summed E-state index contributed by atoms with van der Waals surface area (Å²) in [4.78, 5) is 26.2. The molecule has 0 saturated heterocycles. The van der Waals surface area contributed by atoms with E-state index in [0.717, 1.165) is 48.9 Å². The van der Waals surface area contributed by atoms with Crippen molar-refractivity contribution in [3.63, 3.8) is 0 Å². The molecule has 29 heavy (non-hydrogen) atoms. The zero-order valence-corrected chi connectivity index (χ0v) is 15.1. The molecule has 12 heteroatoms. The Balaban J connectivity index is 0.000000298. The third-order valence-electron chi connectivity index (χ3n) is 4.22. The predicted octanol–water partition coefficient (Wildman–Crippen LogP) is 3.06. The number of imidazole rings is 2. The van der Waals surface area contributed by atoms with Crippen LogP contribution in [0.4, 0.5) is 22.0 Å². The molecule has 7 nitrogen and oxygen atoms in total. The second-order valence-corrected chi connectivity index (χ2v) is 6.48. The Kier molecular flexibility index (Phi) is 5.55. The van der Waals surface area contributed by atoms with Gasteiger partial charge >= 0.3 is 12.1 Å². The Bertz CT molecular complexity index is 1000. The van der Waals surface area contributed by atoms with E-state index in [9.17, 15) is 22.0 Å². The van der Waals surface area contributed by atoms with Gasteiger partial charge in [-0.2, -0.15) is 13.2 Å². The number of hydrogen-bond donors (Lipinski definition) is 3. The molecular formula is C17H16F5N5O2. The van der Waals surface area contributed by atoms with Gasteiger partial charge in [0.2, 0.25) is 0 Å². The molecule has 0 saturated carbocycles. The van der Waals surface area contributed by atoms with Crippen LogP contribution in [0, 0.1) is 18.6 Å². The third-order valence-corrected chi connectivity index (χ3v) is 4.22. The van der Waals surface area contributed by atoms with Crippen LogP contribution in [0.2, 0.25) is 0 Å². The molecule has 3 N–H and O–H groups in total. The standard InChI is InChI=1S/C15H15F2N5.C2HF3O2/c1-8-18-11-2-3-22(6-14(11)19-8)7-15-20-12-4-9(16)10(17)5-13(12)21-15;3-2(4,5)1(6)7/h4-5H,2-3,6-7H2,1H3,(H,18,19)(H,20,21);(H,6,7). The number of aromatic nitrogens is 4. The van der Waals surface area contributed by atoms with Crippen molar-refractivity contribution in [2.75, 3.05) is 6.54 Å². The molecule has 3 aromatic rings. The summed E-state index contributed by atoms with van der Waals surface area (Å²) in [6, 6.07) is 2.27. The van der Waals surface area contributed by atoms with Crippen molar-refractivity contribution in [3.05, 3.63) is 46.8 Å². The lowest BCUT2D eigenvalue weighted by atomic mass is 10.1. The third kappa shape index (κ3) is 4.88. The summed E-state index contributed by atoms with van der Waals surface area (Å²) in [7, 11) is 0. The molecule has 156 valence electrons. The molecule has 3 heterocycles. The van der Waals surface area contributed by atoms with E-state index in [2.05, 4.69) is 24.8 Å². The smallest absolute Gasteiger partial charge is 0.475 e. The minimum atomic E-state index is -5.08. The number of benzene rings is 1. The maximum atomic E-state index is 13.2. The Hall–Kier alpha value is -3.02. The number of aromatic amines is 2. The van der Waals surface area contributed by atoms with Crippen molar-refractivity contribution < 1.29 is 31.9 Å². The predicted molar refractivity (Wildman–Crippen MR) is 90.8 cm³/mol. The molecule has 1 aliphatic rings. The van der Waals surface area contributed by atoms with E-state index in [4.69, 9.17) is 9.90 Å². The molecule has 2 aromatic heterocycles. The Morgan fingerprint density at radius 2 is 1.86 bits per heavy atom. The van der Waals surface area contributed by atoms with Crippen LogP contribution in [0.5, 0.6) is 0 Å². The van der Waals surface area contributed by atoms with E-state index < -0.39 is 23.8 Å². The SMILES string of the molecule is Cc1nc2c([nH]1)CN(Cc1nc3cc(F)c(F)cc3[nH]1)CC2.O=C(O)C(F)(F)F. The van der Waals surface area contributed by atoms with Crippen LogP contribution in [0.25, 0.3) is 11.0 Å². The van der Waals surface area contributed by atoms with Gasteiger partial charge < -0.3 is 15.1 Å². The van der Waals surface area contributed by atoms with Gasteiger partial charge in [-0.15, -0.1) is 0 Å². The highest BCUT2D eigenvalue weighted by atomic mass is 19.4.